The third-order valence-electron chi connectivity index (χ3n) is 3.78. The van der Waals surface area contributed by atoms with Crippen molar-refractivity contribution < 1.29 is 9.53 Å². The van der Waals surface area contributed by atoms with Crippen LogP contribution in [-0.4, -0.2) is 40.7 Å². The average Bonchev–Trinajstić information content (AvgIpc) is 2.51. The van der Waals surface area contributed by atoms with Gasteiger partial charge in [0.05, 0.1) is 23.2 Å². The van der Waals surface area contributed by atoms with Crippen LogP contribution in [0.4, 0.5) is 0 Å². The molecule has 0 saturated heterocycles. The van der Waals surface area contributed by atoms with Gasteiger partial charge in [-0.3, -0.25) is 14.8 Å². The van der Waals surface area contributed by atoms with E-state index >= 15 is 0 Å². The molecule has 1 aromatic heterocycles. The number of benzene rings is 1. The molecule has 3 rings (SSSR count). The lowest BCUT2D eigenvalue weighted by atomic mass is 9.83. The molecule has 0 spiro atoms. The monoisotopic (exact) mass is 286 g/mol. The Morgan fingerprint density at radius 3 is 2.86 bits per heavy atom. The summed E-state index contributed by atoms with van der Waals surface area (Å²) in [6.45, 7) is 2.56. The first-order chi connectivity index (χ1) is 10.2. The number of carbonyl (C=O) groups excluding carboxylic acids is 1. The molecule has 1 amide bonds. The van der Waals surface area contributed by atoms with Crippen molar-refractivity contribution in [2.75, 3.05) is 6.61 Å². The summed E-state index contributed by atoms with van der Waals surface area (Å²) in [5.41, 5.74) is 7.96. The second kappa shape index (κ2) is 5.75. The van der Waals surface area contributed by atoms with Gasteiger partial charge in [-0.05, 0) is 31.5 Å². The van der Waals surface area contributed by atoms with E-state index in [1.54, 1.807) is 30.6 Å². The van der Waals surface area contributed by atoms with Gasteiger partial charge in [0.25, 0.3) is 5.91 Å². The normalized spacial score (nSPS) is 24.6. The Labute approximate surface area is 122 Å². The molecule has 1 aromatic carbocycles. The van der Waals surface area contributed by atoms with Crippen molar-refractivity contribution in [2.45, 2.75) is 31.5 Å². The molecule has 1 aliphatic rings. The van der Waals surface area contributed by atoms with E-state index in [1.807, 2.05) is 6.92 Å². The minimum atomic E-state index is -0.160. The lowest BCUT2D eigenvalue weighted by Crippen LogP contribution is -2.64. The number of hydrogen-bond acceptors (Lipinski definition) is 5. The fourth-order valence-electron chi connectivity index (χ4n) is 2.57. The standard InChI is InChI=1S/C15H18N4O2/c1-2-21-13-8-10(16)14(13)19-15(20)9-3-4-11-12(7-9)18-6-5-17-11/h3-7,10,13-14H,2,8,16H2,1H3,(H,19,20). The Kier molecular flexibility index (Phi) is 3.81. The number of hydrogen-bond donors (Lipinski definition) is 2. The van der Waals surface area contributed by atoms with E-state index < -0.39 is 0 Å². The molecule has 2 aromatic rings. The molecule has 1 saturated carbocycles. The first-order valence-electron chi connectivity index (χ1n) is 7.08. The van der Waals surface area contributed by atoms with Gasteiger partial charge >= 0.3 is 0 Å². The van der Waals surface area contributed by atoms with Crippen LogP contribution in [0.25, 0.3) is 11.0 Å². The second-order valence-corrected chi connectivity index (χ2v) is 5.15. The number of nitrogens with two attached hydrogens (primary N) is 1. The van der Waals surface area contributed by atoms with Crippen molar-refractivity contribution in [2.24, 2.45) is 5.73 Å². The van der Waals surface area contributed by atoms with Crippen LogP contribution in [0.5, 0.6) is 0 Å². The van der Waals surface area contributed by atoms with Crippen LogP contribution in [-0.2, 0) is 4.74 Å². The third kappa shape index (κ3) is 2.72. The number of amides is 1. The molecule has 0 aliphatic heterocycles. The fraction of sp³-hybridized carbons (Fsp3) is 0.400. The van der Waals surface area contributed by atoms with Crippen LogP contribution < -0.4 is 11.1 Å². The van der Waals surface area contributed by atoms with E-state index in [4.69, 9.17) is 10.5 Å². The molecule has 3 N–H and O–H groups in total. The minimum Gasteiger partial charge on any atom is -0.376 e. The number of rotatable bonds is 4. The molecule has 0 bridgehead atoms. The number of carbonyl (C=O) groups is 1. The molecule has 110 valence electrons. The first kappa shape index (κ1) is 13.9. The minimum absolute atomic E-state index is 0.00852. The lowest BCUT2D eigenvalue weighted by Gasteiger charge is -2.42. The maximum atomic E-state index is 12.3. The summed E-state index contributed by atoms with van der Waals surface area (Å²) in [6.07, 6.45) is 4.02. The Bertz CT molecular complexity index is 659. The average molecular weight is 286 g/mol. The highest BCUT2D eigenvalue weighted by molar-refractivity contribution is 5.97. The quantitative estimate of drug-likeness (QED) is 0.870. The molecular formula is C15H18N4O2. The van der Waals surface area contributed by atoms with Gasteiger partial charge in [0, 0.05) is 30.6 Å². The van der Waals surface area contributed by atoms with Crippen molar-refractivity contribution in [1.82, 2.24) is 15.3 Å². The molecule has 6 nitrogen and oxygen atoms in total. The van der Waals surface area contributed by atoms with Gasteiger partial charge in [0.15, 0.2) is 0 Å². The Hall–Kier alpha value is -2.05. The smallest absolute Gasteiger partial charge is 0.251 e. The summed E-state index contributed by atoms with van der Waals surface area (Å²) in [5, 5.41) is 2.94. The Balaban J connectivity index is 1.74. The highest BCUT2D eigenvalue weighted by Gasteiger charge is 2.40. The van der Waals surface area contributed by atoms with Gasteiger partial charge in [0.2, 0.25) is 0 Å². The zero-order chi connectivity index (χ0) is 14.8. The maximum Gasteiger partial charge on any atom is 0.251 e. The summed E-state index contributed by atoms with van der Waals surface area (Å²) in [6, 6.07) is 5.09. The van der Waals surface area contributed by atoms with E-state index in [9.17, 15) is 4.79 Å². The van der Waals surface area contributed by atoms with Crippen LogP contribution in [0.3, 0.4) is 0 Å². The van der Waals surface area contributed by atoms with Crippen LogP contribution in [0, 0.1) is 0 Å². The predicted octanol–water partition coefficient (Wildman–Crippen LogP) is 0.864. The lowest BCUT2D eigenvalue weighted by molar-refractivity contribution is -0.0300. The van der Waals surface area contributed by atoms with E-state index in [-0.39, 0.29) is 24.1 Å². The van der Waals surface area contributed by atoms with Gasteiger partial charge < -0.3 is 15.8 Å². The van der Waals surface area contributed by atoms with Gasteiger partial charge in [-0.1, -0.05) is 0 Å². The van der Waals surface area contributed by atoms with E-state index in [0.717, 1.165) is 11.9 Å². The summed E-state index contributed by atoms with van der Waals surface area (Å²) in [7, 11) is 0. The Morgan fingerprint density at radius 1 is 1.38 bits per heavy atom. The predicted molar refractivity (Wildman–Crippen MR) is 78.8 cm³/mol. The van der Waals surface area contributed by atoms with Gasteiger partial charge in [-0.25, -0.2) is 0 Å². The van der Waals surface area contributed by atoms with Crippen LogP contribution in [0.1, 0.15) is 23.7 Å². The second-order valence-electron chi connectivity index (χ2n) is 5.15. The SMILES string of the molecule is CCOC1CC(N)C1NC(=O)c1ccc2nccnc2c1. The topological polar surface area (TPSA) is 90.1 Å². The van der Waals surface area contributed by atoms with Crippen molar-refractivity contribution in [3.63, 3.8) is 0 Å². The number of fused-ring (bicyclic) bond motifs is 1. The van der Waals surface area contributed by atoms with Gasteiger partial charge in [-0.15, -0.1) is 0 Å². The first-order valence-corrected chi connectivity index (χ1v) is 7.08. The van der Waals surface area contributed by atoms with Crippen molar-refractivity contribution in [1.29, 1.82) is 0 Å². The van der Waals surface area contributed by atoms with Crippen LogP contribution in [0.15, 0.2) is 30.6 Å². The largest absolute Gasteiger partial charge is 0.376 e. The molecule has 6 heteroatoms. The van der Waals surface area contributed by atoms with Crippen molar-refractivity contribution in [3.05, 3.63) is 36.2 Å². The zero-order valence-electron chi connectivity index (χ0n) is 11.8. The molecule has 3 unspecified atom stereocenters. The van der Waals surface area contributed by atoms with E-state index in [1.165, 1.54) is 0 Å². The van der Waals surface area contributed by atoms with Crippen molar-refractivity contribution >= 4 is 16.9 Å². The van der Waals surface area contributed by atoms with Gasteiger partial charge in [-0.2, -0.15) is 0 Å². The number of nitrogens with one attached hydrogen (secondary N) is 1. The van der Waals surface area contributed by atoms with Crippen molar-refractivity contribution in [3.8, 4) is 0 Å². The molecule has 0 radical (unpaired) electrons. The summed E-state index contributed by atoms with van der Waals surface area (Å²) in [5.74, 6) is -0.160. The molecule has 1 aliphatic carbocycles. The molecule has 3 atom stereocenters. The number of nitrogens with zero attached hydrogens (tertiary/aromatic N) is 2. The molecule has 21 heavy (non-hydrogen) atoms. The molecular weight excluding hydrogens is 268 g/mol. The Morgan fingerprint density at radius 2 is 2.14 bits per heavy atom. The molecule has 1 fully saturated rings. The highest BCUT2D eigenvalue weighted by Crippen LogP contribution is 2.23. The summed E-state index contributed by atoms with van der Waals surface area (Å²) in [4.78, 5) is 20.7. The molecule has 1 heterocycles. The van der Waals surface area contributed by atoms with Crippen LogP contribution >= 0.6 is 0 Å². The maximum absolute atomic E-state index is 12.3. The zero-order valence-corrected chi connectivity index (χ0v) is 11.8. The number of aromatic nitrogens is 2. The van der Waals surface area contributed by atoms with E-state index in [2.05, 4.69) is 15.3 Å². The third-order valence-corrected chi connectivity index (χ3v) is 3.78. The summed E-state index contributed by atoms with van der Waals surface area (Å²) < 4.78 is 5.55. The van der Waals surface area contributed by atoms with Gasteiger partial charge in [0.1, 0.15) is 0 Å². The highest BCUT2D eigenvalue weighted by atomic mass is 16.5. The fourth-order valence-corrected chi connectivity index (χ4v) is 2.57. The number of ether oxygens (including phenoxy) is 1. The summed E-state index contributed by atoms with van der Waals surface area (Å²) >= 11 is 0. The van der Waals surface area contributed by atoms with E-state index in [0.29, 0.717) is 17.7 Å². The van der Waals surface area contributed by atoms with Crippen LogP contribution in [0.2, 0.25) is 0 Å².